The van der Waals surface area contributed by atoms with Crippen molar-refractivity contribution in [3.05, 3.63) is 47.0 Å². The lowest BCUT2D eigenvalue weighted by atomic mass is 10.1. The lowest BCUT2D eigenvalue weighted by Crippen LogP contribution is -1.94. The van der Waals surface area contributed by atoms with Crippen molar-refractivity contribution in [3.8, 4) is 28.5 Å². The van der Waals surface area contributed by atoms with Gasteiger partial charge in [0.25, 0.3) is 0 Å². The van der Waals surface area contributed by atoms with Gasteiger partial charge in [0.05, 0.1) is 28.9 Å². The molecule has 0 saturated heterocycles. The molecule has 0 aliphatic carbocycles. The summed E-state index contributed by atoms with van der Waals surface area (Å²) < 4.78 is 32.0. The zero-order valence-electron chi connectivity index (χ0n) is 11.9. The average molecular weight is 337 g/mol. The summed E-state index contributed by atoms with van der Waals surface area (Å²) in [5.41, 5.74) is 6.68. The molecule has 0 aliphatic heterocycles. The van der Waals surface area contributed by atoms with Crippen molar-refractivity contribution in [2.45, 2.75) is 0 Å². The first-order valence-corrected chi connectivity index (χ1v) is 6.88. The van der Waals surface area contributed by atoms with Gasteiger partial charge in [-0.15, -0.1) is 0 Å². The first kappa shape index (κ1) is 15.2. The average Bonchev–Trinajstić information content (AvgIpc) is 2.99. The highest BCUT2D eigenvalue weighted by atomic mass is 35.5. The number of nitrogen functional groups attached to an aromatic ring is 1. The minimum absolute atomic E-state index is 0.102. The Labute approximate surface area is 135 Å². The van der Waals surface area contributed by atoms with Crippen molar-refractivity contribution < 1.29 is 13.5 Å². The molecule has 3 aromatic rings. The van der Waals surface area contributed by atoms with Crippen molar-refractivity contribution in [3.63, 3.8) is 0 Å². The van der Waals surface area contributed by atoms with Crippen LogP contribution in [0.15, 0.2) is 30.3 Å². The molecular formula is C15H11ClF2N4O. The van der Waals surface area contributed by atoms with E-state index in [1.165, 1.54) is 13.2 Å². The minimum atomic E-state index is -0.741. The molecule has 118 valence electrons. The van der Waals surface area contributed by atoms with Crippen LogP contribution in [-0.4, -0.2) is 22.3 Å². The van der Waals surface area contributed by atoms with Crippen LogP contribution in [0.4, 0.5) is 14.5 Å². The molecule has 0 fully saturated rings. The van der Waals surface area contributed by atoms with E-state index in [0.717, 1.165) is 12.1 Å². The SMILES string of the molecule is COc1cc(N)c(Cl)cc1-c1n[nH]c(-c2ccc(F)cc2F)n1. The summed E-state index contributed by atoms with van der Waals surface area (Å²) in [6, 6.07) is 6.30. The van der Waals surface area contributed by atoms with Crippen molar-refractivity contribution >= 4 is 17.3 Å². The maximum absolute atomic E-state index is 13.8. The Balaban J connectivity index is 2.07. The molecule has 0 bridgehead atoms. The molecule has 3 N–H and O–H groups in total. The standard InChI is InChI=1S/C15H11ClF2N4O/c1-23-13-6-12(19)10(16)5-9(13)15-20-14(21-22-15)8-3-2-7(17)4-11(8)18/h2-6H,19H2,1H3,(H,20,21,22). The molecule has 0 radical (unpaired) electrons. The maximum Gasteiger partial charge on any atom is 0.185 e. The van der Waals surface area contributed by atoms with Gasteiger partial charge in [-0.2, -0.15) is 5.10 Å². The fraction of sp³-hybridized carbons (Fsp3) is 0.0667. The summed E-state index contributed by atoms with van der Waals surface area (Å²) in [7, 11) is 1.47. The molecule has 5 nitrogen and oxygen atoms in total. The van der Waals surface area contributed by atoms with Crippen LogP contribution < -0.4 is 10.5 Å². The molecule has 0 amide bonds. The van der Waals surface area contributed by atoms with E-state index in [1.807, 2.05) is 0 Å². The summed E-state index contributed by atoms with van der Waals surface area (Å²) in [5.74, 6) is -0.569. The fourth-order valence-electron chi connectivity index (χ4n) is 2.10. The zero-order valence-corrected chi connectivity index (χ0v) is 12.7. The Morgan fingerprint density at radius 2 is 1.96 bits per heavy atom. The summed E-state index contributed by atoms with van der Waals surface area (Å²) in [6.07, 6.45) is 0. The third kappa shape index (κ3) is 2.83. The predicted octanol–water partition coefficient (Wildman–Crippen LogP) is 3.66. The van der Waals surface area contributed by atoms with Gasteiger partial charge in [-0.3, -0.25) is 5.10 Å². The maximum atomic E-state index is 13.8. The van der Waals surface area contributed by atoms with E-state index in [0.29, 0.717) is 22.0 Å². The number of methoxy groups -OCH3 is 1. The van der Waals surface area contributed by atoms with Gasteiger partial charge >= 0.3 is 0 Å². The Morgan fingerprint density at radius 3 is 2.65 bits per heavy atom. The molecule has 0 unspecified atom stereocenters. The normalized spacial score (nSPS) is 10.8. The summed E-state index contributed by atoms with van der Waals surface area (Å²) in [5, 5.41) is 6.96. The van der Waals surface area contributed by atoms with E-state index >= 15 is 0 Å². The van der Waals surface area contributed by atoms with E-state index in [1.54, 1.807) is 12.1 Å². The topological polar surface area (TPSA) is 76.8 Å². The smallest absolute Gasteiger partial charge is 0.185 e. The van der Waals surface area contributed by atoms with Gasteiger partial charge in [-0.1, -0.05) is 11.6 Å². The molecule has 0 atom stereocenters. The van der Waals surface area contributed by atoms with E-state index in [2.05, 4.69) is 15.2 Å². The molecule has 2 aromatic carbocycles. The predicted molar refractivity (Wildman–Crippen MR) is 83.1 cm³/mol. The molecule has 3 rings (SSSR count). The molecule has 1 heterocycles. The molecule has 0 spiro atoms. The first-order valence-electron chi connectivity index (χ1n) is 6.51. The van der Waals surface area contributed by atoms with Crippen molar-refractivity contribution in [1.82, 2.24) is 15.2 Å². The van der Waals surface area contributed by atoms with Crippen molar-refractivity contribution in [1.29, 1.82) is 0 Å². The lowest BCUT2D eigenvalue weighted by Gasteiger charge is -2.07. The molecule has 8 heteroatoms. The number of benzene rings is 2. The number of nitrogens with zero attached hydrogens (tertiary/aromatic N) is 2. The number of aromatic nitrogens is 3. The molecular weight excluding hydrogens is 326 g/mol. The number of H-pyrrole nitrogens is 1. The van der Waals surface area contributed by atoms with Gasteiger partial charge in [-0.05, 0) is 18.2 Å². The number of hydrogen-bond acceptors (Lipinski definition) is 4. The Morgan fingerprint density at radius 1 is 1.17 bits per heavy atom. The van der Waals surface area contributed by atoms with Crippen LogP contribution in [0.25, 0.3) is 22.8 Å². The highest BCUT2D eigenvalue weighted by Crippen LogP contribution is 2.35. The second-order valence-electron chi connectivity index (χ2n) is 4.71. The number of nitrogens with two attached hydrogens (primary N) is 1. The number of halogens is 3. The van der Waals surface area contributed by atoms with Crippen LogP contribution in [0.5, 0.6) is 5.75 Å². The van der Waals surface area contributed by atoms with Gasteiger partial charge in [-0.25, -0.2) is 13.8 Å². The minimum Gasteiger partial charge on any atom is -0.496 e. The van der Waals surface area contributed by atoms with E-state index in [-0.39, 0.29) is 17.2 Å². The first-order chi connectivity index (χ1) is 11.0. The second kappa shape index (κ2) is 5.85. The van der Waals surface area contributed by atoms with Gasteiger partial charge in [0.2, 0.25) is 0 Å². The Bertz CT molecular complexity index is 882. The molecule has 0 saturated carbocycles. The van der Waals surface area contributed by atoms with E-state index in [4.69, 9.17) is 22.1 Å². The lowest BCUT2D eigenvalue weighted by molar-refractivity contribution is 0.416. The van der Waals surface area contributed by atoms with Gasteiger partial charge in [0.1, 0.15) is 17.4 Å². The monoisotopic (exact) mass is 336 g/mol. The molecule has 23 heavy (non-hydrogen) atoms. The molecule has 0 aliphatic rings. The zero-order chi connectivity index (χ0) is 16.6. The number of anilines is 1. The van der Waals surface area contributed by atoms with Crippen molar-refractivity contribution in [2.24, 2.45) is 0 Å². The number of hydrogen-bond donors (Lipinski definition) is 2. The van der Waals surface area contributed by atoms with Crippen LogP contribution in [0, 0.1) is 11.6 Å². The van der Waals surface area contributed by atoms with Crippen LogP contribution in [0.3, 0.4) is 0 Å². The van der Waals surface area contributed by atoms with Crippen LogP contribution in [-0.2, 0) is 0 Å². The Kier molecular flexibility index (Phi) is 3.87. The summed E-state index contributed by atoms with van der Waals surface area (Å²) in [4.78, 5) is 4.21. The third-order valence-corrected chi connectivity index (χ3v) is 3.56. The second-order valence-corrected chi connectivity index (χ2v) is 5.11. The van der Waals surface area contributed by atoms with Crippen LogP contribution in [0.2, 0.25) is 5.02 Å². The van der Waals surface area contributed by atoms with Crippen LogP contribution in [0.1, 0.15) is 0 Å². The number of ether oxygens (including phenoxy) is 1. The summed E-state index contributed by atoms with van der Waals surface area (Å²) >= 11 is 6.01. The molecule has 1 aromatic heterocycles. The highest BCUT2D eigenvalue weighted by molar-refractivity contribution is 6.33. The number of nitrogens with one attached hydrogen (secondary N) is 1. The summed E-state index contributed by atoms with van der Waals surface area (Å²) in [6.45, 7) is 0. The van der Waals surface area contributed by atoms with E-state index in [9.17, 15) is 8.78 Å². The van der Waals surface area contributed by atoms with Gasteiger partial charge in [0, 0.05) is 12.1 Å². The fourth-order valence-corrected chi connectivity index (χ4v) is 2.26. The van der Waals surface area contributed by atoms with Crippen molar-refractivity contribution in [2.75, 3.05) is 12.8 Å². The number of aromatic amines is 1. The van der Waals surface area contributed by atoms with E-state index < -0.39 is 11.6 Å². The third-order valence-electron chi connectivity index (χ3n) is 3.23. The van der Waals surface area contributed by atoms with Gasteiger partial charge < -0.3 is 10.5 Å². The van der Waals surface area contributed by atoms with Gasteiger partial charge in [0.15, 0.2) is 11.6 Å². The largest absolute Gasteiger partial charge is 0.496 e. The quantitative estimate of drug-likeness (QED) is 0.716. The highest BCUT2D eigenvalue weighted by Gasteiger charge is 2.16. The number of rotatable bonds is 3. The Hall–Kier alpha value is -2.67. The van der Waals surface area contributed by atoms with Crippen LogP contribution >= 0.6 is 11.6 Å².